The Morgan fingerprint density at radius 1 is 1.16 bits per heavy atom. The van der Waals surface area contributed by atoms with E-state index < -0.39 is 0 Å². The summed E-state index contributed by atoms with van der Waals surface area (Å²) in [6, 6.07) is 10.5. The summed E-state index contributed by atoms with van der Waals surface area (Å²) >= 11 is 0. The Balaban J connectivity index is 1.63. The average molecular weight is 344 g/mol. The zero-order valence-corrected chi connectivity index (χ0v) is 15.6. The second-order valence-electron chi connectivity index (χ2n) is 8.15. The Morgan fingerprint density at radius 3 is 2.44 bits per heavy atom. The van der Waals surface area contributed by atoms with Crippen LogP contribution in [0.25, 0.3) is 0 Å². The predicted molar refractivity (Wildman–Crippen MR) is 99.9 cm³/mol. The van der Waals surface area contributed by atoms with Crippen molar-refractivity contribution in [2.75, 3.05) is 32.8 Å². The van der Waals surface area contributed by atoms with Crippen LogP contribution in [0.4, 0.5) is 0 Å². The molecule has 1 amide bonds. The van der Waals surface area contributed by atoms with Crippen LogP contribution in [-0.2, 0) is 11.3 Å². The molecule has 1 aromatic carbocycles. The normalized spacial score (nSPS) is 25.7. The first kappa shape index (κ1) is 18.4. The summed E-state index contributed by atoms with van der Waals surface area (Å²) in [6.07, 6.45) is 1.88. The molecule has 2 saturated heterocycles. The maximum absolute atomic E-state index is 13.1. The van der Waals surface area contributed by atoms with Crippen molar-refractivity contribution in [2.24, 2.45) is 23.7 Å². The van der Waals surface area contributed by atoms with Gasteiger partial charge >= 0.3 is 0 Å². The van der Waals surface area contributed by atoms with Gasteiger partial charge in [0.1, 0.15) is 0 Å². The fraction of sp³-hybridized carbons (Fsp3) is 0.667. The Bertz CT molecular complexity index is 552. The molecule has 4 heteroatoms. The van der Waals surface area contributed by atoms with Crippen molar-refractivity contribution in [3.63, 3.8) is 0 Å². The van der Waals surface area contributed by atoms with Crippen molar-refractivity contribution in [2.45, 2.75) is 33.2 Å². The van der Waals surface area contributed by atoms with Gasteiger partial charge in [0.05, 0.1) is 5.92 Å². The molecule has 3 rings (SSSR count). The first-order valence-corrected chi connectivity index (χ1v) is 9.74. The van der Waals surface area contributed by atoms with Gasteiger partial charge in [0.25, 0.3) is 0 Å². The van der Waals surface area contributed by atoms with Crippen molar-refractivity contribution >= 4 is 5.91 Å². The molecule has 2 atom stereocenters. The summed E-state index contributed by atoms with van der Waals surface area (Å²) in [6.45, 7) is 9.18. The number of amides is 1. The zero-order chi connectivity index (χ0) is 17.8. The molecular weight excluding hydrogens is 312 g/mol. The highest BCUT2D eigenvalue weighted by Crippen LogP contribution is 2.33. The average Bonchev–Trinajstić information content (AvgIpc) is 3.06. The Labute approximate surface area is 151 Å². The van der Waals surface area contributed by atoms with Crippen molar-refractivity contribution in [3.05, 3.63) is 35.9 Å². The first-order chi connectivity index (χ1) is 12.1. The van der Waals surface area contributed by atoms with Crippen LogP contribution in [0.5, 0.6) is 0 Å². The maximum atomic E-state index is 13.1. The van der Waals surface area contributed by atoms with E-state index in [4.69, 9.17) is 0 Å². The van der Waals surface area contributed by atoms with Crippen LogP contribution >= 0.6 is 0 Å². The number of benzene rings is 1. The number of carbonyl (C=O) groups is 1. The second kappa shape index (κ2) is 8.33. The number of carbonyl (C=O) groups excluding carboxylic acids is 1. The lowest BCUT2D eigenvalue weighted by molar-refractivity contribution is -0.138. The Hall–Kier alpha value is -1.39. The van der Waals surface area contributed by atoms with Gasteiger partial charge in [-0.05, 0) is 36.2 Å². The van der Waals surface area contributed by atoms with Crippen LogP contribution in [0.2, 0.25) is 0 Å². The van der Waals surface area contributed by atoms with E-state index in [-0.39, 0.29) is 12.5 Å². The summed E-state index contributed by atoms with van der Waals surface area (Å²) in [5.74, 6) is 1.79. The molecule has 2 fully saturated rings. The summed E-state index contributed by atoms with van der Waals surface area (Å²) in [5, 5.41) is 9.31. The molecule has 25 heavy (non-hydrogen) atoms. The third-order valence-corrected chi connectivity index (χ3v) is 6.05. The van der Waals surface area contributed by atoms with Gasteiger partial charge in [0.2, 0.25) is 5.91 Å². The van der Waals surface area contributed by atoms with E-state index in [1.54, 1.807) is 0 Å². The number of aliphatic hydroxyl groups is 1. The minimum absolute atomic E-state index is 0.120. The topological polar surface area (TPSA) is 43.8 Å². The monoisotopic (exact) mass is 344 g/mol. The minimum atomic E-state index is 0.120. The molecule has 0 radical (unpaired) electrons. The number of hydrogen-bond donors (Lipinski definition) is 1. The van der Waals surface area contributed by atoms with Crippen LogP contribution in [0, 0.1) is 23.7 Å². The highest BCUT2D eigenvalue weighted by atomic mass is 16.3. The Kier molecular flexibility index (Phi) is 6.13. The van der Waals surface area contributed by atoms with Gasteiger partial charge in [-0.2, -0.15) is 0 Å². The van der Waals surface area contributed by atoms with Crippen molar-refractivity contribution < 1.29 is 9.90 Å². The minimum Gasteiger partial charge on any atom is -0.396 e. The van der Waals surface area contributed by atoms with Gasteiger partial charge in [0.15, 0.2) is 0 Å². The lowest BCUT2D eigenvalue weighted by atomic mass is 9.84. The van der Waals surface area contributed by atoms with Crippen LogP contribution < -0.4 is 0 Å². The van der Waals surface area contributed by atoms with E-state index in [0.29, 0.717) is 23.7 Å². The zero-order valence-electron chi connectivity index (χ0n) is 15.6. The fourth-order valence-corrected chi connectivity index (χ4v) is 4.39. The number of rotatable bonds is 5. The second-order valence-corrected chi connectivity index (χ2v) is 8.15. The number of piperidine rings is 1. The quantitative estimate of drug-likeness (QED) is 0.893. The van der Waals surface area contributed by atoms with Gasteiger partial charge in [0, 0.05) is 39.3 Å². The molecule has 2 unspecified atom stereocenters. The molecule has 138 valence electrons. The fourth-order valence-electron chi connectivity index (χ4n) is 4.39. The number of hydrogen-bond acceptors (Lipinski definition) is 3. The third-order valence-electron chi connectivity index (χ3n) is 6.05. The van der Waals surface area contributed by atoms with E-state index in [1.165, 1.54) is 5.56 Å². The lowest BCUT2D eigenvalue weighted by Gasteiger charge is -2.34. The van der Waals surface area contributed by atoms with Gasteiger partial charge in [-0.25, -0.2) is 0 Å². The van der Waals surface area contributed by atoms with Gasteiger partial charge in [-0.3, -0.25) is 9.69 Å². The molecule has 1 aromatic rings. The molecule has 0 bridgehead atoms. The molecule has 0 aromatic heterocycles. The van der Waals surface area contributed by atoms with Crippen molar-refractivity contribution in [3.8, 4) is 0 Å². The molecule has 4 nitrogen and oxygen atoms in total. The van der Waals surface area contributed by atoms with E-state index in [0.717, 1.165) is 45.6 Å². The smallest absolute Gasteiger partial charge is 0.227 e. The summed E-state index contributed by atoms with van der Waals surface area (Å²) in [7, 11) is 0. The van der Waals surface area contributed by atoms with Crippen molar-refractivity contribution in [1.82, 2.24) is 9.80 Å². The molecule has 2 aliphatic rings. The number of nitrogens with zero attached hydrogens (tertiary/aromatic N) is 2. The summed E-state index contributed by atoms with van der Waals surface area (Å²) in [5.41, 5.74) is 1.32. The molecule has 2 aliphatic heterocycles. The van der Waals surface area contributed by atoms with Gasteiger partial charge < -0.3 is 10.0 Å². The largest absolute Gasteiger partial charge is 0.396 e. The van der Waals surface area contributed by atoms with E-state index in [1.807, 2.05) is 6.07 Å². The SMILES string of the molecule is CC(C)C1CN(Cc2ccccc2)CC1C(=O)N1CCC(CO)CC1. The third kappa shape index (κ3) is 4.42. The number of likely N-dealkylation sites (tertiary alicyclic amines) is 2. The maximum Gasteiger partial charge on any atom is 0.227 e. The van der Waals surface area contributed by atoms with Gasteiger partial charge in [-0.1, -0.05) is 44.2 Å². The van der Waals surface area contributed by atoms with Crippen LogP contribution in [0.1, 0.15) is 32.3 Å². The first-order valence-electron chi connectivity index (χ1n) is 9.74. The highest BCUT2D eigenvalue weighted by molar-refractivity contribution is 5.80. The molecule has 2 heterocycles. The standard InChI is InChI=1S/C21H32N2O2/c1-16(2)19-13-22(12-17-6-4-3-5-7-17)14-20(19)21(25)23-10-8-18(15-24)9-11-23/h3-7,16,18-20,24H,8-15H2,1-2H3. The predicted octanol–water partition coefficient (Wildman–Crippen LogP) is 2.62. The molecule has 1 N–H and O–H groups in total. The van der Waals surface area contributed by atoms with E-state index in [9.17, 15) is 9.90 Å². The molecular formula is C21H32N2O2. The molecule has 0 saturated carbocycles. The Morgan fingerprint density at radius 2 is 1.84 bits per heavy atom. The van der Waals surface area contributed by atoms with Crippen LogP contribution in [0.3, 0.4) is 0 Å². The highest BCUT2D eigenvalue weighted by Gasteiger charge is 2.41. The van der Waals surface area contributed by atoms with Crippen molar-refractivity contribution in [1.29, 1.82) is 0 Å². The summed E-state index contributed by atoms with van der Waals surface area (Å²) < 4.78 is 0. The van der Waals surface area contributed by atoms with Crippen LogP contribution in [-0.4, -0.2) is 53.6 Å². The lowest BCUT2D eigenvalue weighted by Crippen LogP contribution is -2.44. The molecule has 0 spiro atoms. The molecule has 0 aliphatic carbocycles. The number of aliphatic hydroxyl groups excluding tert-OH is 1. The van der Waals surface area contributed by atoms with E-state index in [2.05, 4.69) is 47.9 Å². The van der Waals surface area contributed by atoms with Crippen LogP contribution in [0.15, 0.2) is 30.3 Å². The van der Waals surface area contributed by atoms with E-state index >= 15 is 0 Å². The summed E-state index contributed by atoms with van der Waals surface area (Å²) in [4.78, 5) is 17.6. The van der Waals surface area contributed by atoms with Gasteiger partial charge in [-0.15, -0.1) is 0 Å².